The summed E-state index contributed by atoms with van der Waals surface area (Å²) in [6, 6.07) is 14.9. The van der Waals surface area contributed by atoms with Crippen molar-refractivity contribution >= 4 is 28.7 Å². The monoisotopic (exact) mass is 485 g/mol. The third-order valence-electron chi connectivity index (χ3n) is 5.22. The second kappa shape index (κ2) is 10.1. The highest BCUT2D eigenvalue weighted by molar-refractivity contribution is 6.31. The van der Waals surface area contributed by atoms with Crippen LogP contribution in [0.3, 0.4) is 0 Å². The lowest BCUT2D eigenvalue weighted by Crippen LogP contribution is -2.29. The summed E-state index contributed by atoms with van der Waals surface area (Å²) in [6.45, 7) is 4.90. The van der Waals surface area contributed by atoms with E-state index < -0.39 is 6.10 Å². The molecule has 1 atom stereocenters. The van der Waals surface area contributed by atoms with Crippen molar-refractivity contribution in [3.8, 4) is 22.3 Å². The van der Waals surface area contributed by atoms with Gasteiger partial charge in [-0.15, -0.1) is 0 Å². The maximum Gasteiger partial charge on any atom is 0.349 e. The fourth-order valence-corrected chi connectivity index (χ4v) is 3.95. The molecule has 0 fully saturated rings. The minimum absolute atomic E-state index is 0.108. The summed E-state index contributed by atoms with van der Waals surface area (Å²) in [5, 5.41) is 16.1. The van der Waals surface area contributed by atoms with Gasteiger partial charge in [0.15, 0.2) is 0 Å². The van der Waals surface area contributed by atoms with Crippen molar-refractivity contribution in [2.45, 2.75) is 26.5 Å². The van der Waals surface area contributed by atoms with Crippen LogP contribution in [0.15, 0.2) is 65.7 Å². The molecule has 0 bridgehead atoms. The Morgan fingerprint density at radius 1 is 0.970 bits per heavy atom. The van der Waals surface area contributed by atoms with Gasteiger partial charge in [0.25, 0.3) is 0 Å². The number of halogens is 2. The topological polar surface area (TPSA) is 68.8 Å². The number of fused-ring (bicyclic) bond motifs is 1. The van der Waals surface area contributed by atoms with Crippen LogP contribution in [0.25, 0.3) is 27.8 Å². The lowest BCUT2D eigenvalue weighted by Gasteiger charge is -2.12. The number of aromatic nitrogens is 3. The number of nitrogens with zero attached hydrogens (tertiary/aromatic N) is 3. The van der Waals surface area contributed by atoms with Gasteiger partial charge in [-0.3, -0.25) is 4.57 Å². The van der Waals surface area contributed by atoms with Gasteiger partial charge in [-0.25, -0.2) is 4.79 Å². The minimum Gasteiger partial charge on any atom is -0.389 e. The van der Waals surface area contributed by atoms with Crippen molar-refractivity contribution in [1.82, 2.24) is 14.2 Å². The Hall–Kier alpha value is -2.64. The molecule has 0 radical (unpaired) electrons. The molecule has 0 aliphatic heterocycles. The highest BCUT2D eigenvalue weighted by Crippen LogP contribution is 2.35. The summed E-state index contributed by atoms with van der Waals surface area (Å²) in [5.41, 5.74) is 3.80. The van der Waals surface area contributed by atoms with Crippen molar-refractivity contribution in [2.75, 3.05) is 13.2 Å². The zero-order valence-electron chi connectivity index (χ0n) is 18.4. The molecule has 4 aromatic rings. The summed E-state index contributed by atoms with van der Waals surface area (Å²) in [7, 11) is 0. The number of imidazole rings is 1. The molecule has 0 spiro atoms. The van der Waals surface area contributed by atoms with Crippen molar-refractivity contribution in [3.05, 3.63) is 81.5 Å². The van der Waals surface area contributed by atoms with Gasteiger partial charge in [0.05, 0.1) is 31.0 Å². The van der Waals surface area contributed by atoms with E-state index in [1.165, 1.54) is 9.08 Å². The third-order valence-corrected chi connectivity index (χ3v) is 5.72. The van der Waals surface area contributed by atoms with E-state index in [1.807, 2.05) is 62.4 Å². The molecule has 0 aliphatic rings. The first-order valence-electron chi connectivity index (χ1n) is 10.7. The first-order chi connectivity index (χ1) is 15.8. The van der Waals surface area contributed by atoms with E-state index in [4.69, 9.17) is 27.9 Å². The van der Waals surface area contributed by atoms with Crippen LogP contribution in [0.2, 0.25) is 10.0 Å². The molecular formula is C25H25Cl2N3O3. The van der Waals surface area contributed by atoms with Crippen LogP contribution in [0.5, 0.6) is 0 Å². The van der Waals surface area contributed by atoms with Crippen molar-refractivity contribution in [1.29, 1.82) is 0 Å². The molecule has 172 valence electrons. The molecule has 2 aromatic heterocycles. The summed E-state index contributed by atoms with van der Waals surface area (Å²) in [5.74, 6) is 0.370. The number of rotatable bonds is 8. The maximum absolute atomic E-state index is 13.0. The summed E-state index contributed by atoms with van der Waals surface area (Å²) in [6.07, 6.45) is 2.59. The molecule has 8 heteroatoms. The summed E-state index contributed by atoms with van der Waals surface area (Å²) in [4.78, 5) is 13.0. The normalized spacial score (nSPS) is 12.5. The van der Waals surface area contributed by atoms with Gasteiger partial charge in [-0.2, -0.15) is 9.61 Å². The summed E-state index contributed by atoms with van der Waals surface area (Å²) >= 11 is 12.2. The molecule has 0 aliphatic carbocycles. The number of hydrogen-bond acceptors (Lipinski definition) is 4. The van der Waals surface area contributed by atoms with Gasteiger partial charge in [-0.05, 0) is 41.3 Å². The van der Waals surface area contributed by atoms with E-state index in [0.717, 1.165) is 22.3 Å². The maximum atomic E-state index is 13.0. The van der Waals surface area contributed by atoms with Crippen molar-refractivity contribution < 1.29 is 9.84 Å². The van der Waals surface area contributed by atoms with E-state index in [1.54, 1.807) is 12.4 Å². The van der Waals surface area contributed by atoms with Crippen LogP contribution in [0, 0.1) is 5.92 Å². The average Bonchev–Trinajstić information content (AvgIpc) is 3.09. The van der Waals surface area contributed by atoms with Gasteiger partial charge in [-0.1, -0.05) is 61.3 Å². The van der Waals surface area contributed by atoms with Gasteiger partial charge < -0.3 is 9.84 Å². The fraction of sp³-hybridized carbons (Fsp3) is 0.280. The number of hydrogen-bond donors (Lipinski definition) is 1. The minimum atomic E-state index is -0.812. The Bertz CT molecular complexity index is 1300. The first-order valence-corrected chi connectivity index (χ1v) is 11.5. The number of benzene rings is 2. The zero-order chi connectivity index (χ0) is 23.5. The van der Waals surface area contributed by atoms with E-state index in [2.05, 4.69) is 5.10 Å². The summed E-state index contributed by atoms with van der Waals surface area (Å²) < 4.78 is 8.34. The van der Waals surface area contributed by atoms with Crippen LogP contribution in [-0.4, -0.2) is 38.6 Å². The van der Waals surface area contributed by atoms with Crippen LogP contribution < -0.4 is 5.69 Å². The zero-order valence-corrected chi connectivity index (χ0v) is 19.9. The molecule has 4 rings (SSSR count). The van der Waals surface area contributed by atoms with Crippen molar-refractivity contribution in [2.24, 2.45) is 5.92 Å². The second-order valence-corrected chi connectivity index (χ2v) is 9.27. The molecule has 0 saturated heterocycles. The smallest absolute Gasteiger partial charge is 0.349 e. The van der Waals surface area contributed by atoms with Crippen LogP contribution >= 0.6 is 23.2 Å². The van der Waals surface area contributed by atoms with Gasteiger partial charge in [0.2, 0.25) is 0 Å². The van der Waals surface area contributed by atoms with Gasteiger partial charge >= 0.3 is 5.69 Å². The van der Waals surface area contributed by atoms with E-state index in [9.17, 15) is 9.90 Å². The van der Waals surface area contributed by atoms with Crippen LogP contribution in [0.4, 0.5) is 0 Å². The lowest BCUT2D eigenvalue weighted by molar-refractivity contribution is 0.0176. The molecule has 6 nitrogen and oxygen atoms in total. The van der Waals surface area contributed by atoms with E-state index in [-0.39, 0.29) is 18.8 Å². The predicted molar refractivity (Wildman–Crippen MR) is 132 cm³/mol. The van der Waals surface area contributed by atoms with Crippen molar-refractivity contribution in [3.63, 3.8) is 0 Å². The van der Waals surface area contributed by atoms with Gasteiger partial charge in [0.1, 0.15) is 0 Å². The Morgan fingerprint density at radius 3 is 2.18 bits per heavy atom. The standard InChI is InChI=1S/C25H25Cl2N3O3/c1-16(2)14-33-15-21(31)12-29-13-23-24(18-5-9-20(27)10-6-18)22(11-28-30(23)25(29)32)17-3-7-19(26)8-4-17/h3-11,13,16,21,31H,12,14-15H2,1-2H3. The molecule has 33 heavy (non-hydrogen) atoms. The first kappa shape index (κ1) is 23.5. The second-order valence-electron chi connectivity index (χ2n) is 8.39. The van der Waals surface area contributed by atoms with Gasteiger partial charge in [0, 0.05) is 34.0 Å². The number of ether oxygens (including phenoxy) is 1. The molecule has 2 heterocycles. The Morgan fingerprint density at radius 2 is 1.58 bits per heavy atom. The Labute approximate surface area is 202 Å². The molecule has 1 N–H and O–H groups in total. The van der Waals surface area contributed by atoms with Crippen LogP contribution in [-0.2, 0) is 11.3 Å². The highest BCUT2D eigenvalue weighted by atomic mass is 35.5. The van der Waals surface area contributed by atoms with E-state index >= 15 is 0 Å². The van der Waals surface area contributed by atoms with Crippen LogP contribution in [0.1, 0.15) is 13.8 Å². The quantitative estimate of drug-likeness (QED) is 0.373. The third kappa shape index (κ3) is 5.31. The van der Waals surface area contributed by atoms with E-state index in [0.29, 0.717) is 28.1 Å². The number of aliphatic hydroxyl groups excluding tert-OH is 1. The molecule has 0 saturated carbocycles. The molecule has 0 amide bonds. The highest BCUT2D eigenvalue weighted by Gasteiger charge is 2.18. The molecular weight excluding hydrogens is 461 g/mol. The molecule has 2 aromatic carbocycles. The number of aliphatic hydroxyl groups is 1. The largest absolute Gasteiger partial charge is 0.389 e. The molecule has 1 unspecified atom stereocenters. The SMILES string of the molecule is CC(C)COCC(O)Cn1cc2c(-c3ccc(Cl)cc3)c(-c3ccc(Cl)cc3)cnn2c1=O. The predicted octanol–water partition coefficient (Wildman–Crippen LogP) is 5.17. The average molecular weight is 486 g/mol. The Balaban J connectivity index is 1.80. The fourth-order valence-electron chi connectivity index (χ4n) is 3.70. The Kier molecular flexibility index (Phi) is 7.20. The lowest BCUT2D eigenvalue weighted by atomic mass is 9.96.